The first-order valence-electron chi connectivity index (χ1n) is 5.74. The zero-order valence-corrected chi connectivity index (χ0v) is 10.8. The Morgan fingerprint density at radius 2 is 1.81 bits per heavy atom. The van der Waals surface area contributed by atoms with Crippen LogP contribution in [0.2, 0.25) is 0 Å². The smallest absolute Gasteiger partial charge is 0.326 e. The van der Waals surface area contributed by atoms with Crippen molar-refractivity contribution in [3.05, 3.63) is 0 Å². The van der Waals surface area contributed by atoms with Gasteiger partial charge in [-0.05, 0) is 18.8 Å². The Morgan fingerprint density at radius 3 is 2.12 bits per heavy atom. The van der Waals surface area contributed by atoms with Crippen molar-refractivity contribution in [3.63, 3.8) is 0 Å². The van der Waals surface area contributed by atoms with Crippen molar-refractivity contribution in [2.24, 2.45) is 11.3 Å². The molecule has 4 heteroatoms. The van der Waals surface area contributed by atoms with Crippen LogP contribution in [-0.4, -0.2) is 23.0 Å². The molecule has 1 atom stereocenters. The summed E-state index contributed by atoms with van der Waals surface area (Å²) in [4.78, 5) is 22.8. The molecule has 0 rings (SSSR count). The number of aliphatic carboxylic acids is 1. The number of carbonyl (C=O) groups excluding carboxylic acids is 1. The van der Waals surface area contributed by atoms with Gasteiger partial charge in [0.2, 0.25) is 5.91 Å². The molecule has 94 valence electrons. The van der Waals surface area contributed by atoms with E-state index in [0.29, 0.717) is 12.8 Å². The fourth-order valence-corrected chi connectivity index (χ4v) is 1.21. The number of carboxylic acids is 1. The lowest BCUT2D eigenvalue weighted by Crippen LogP contribution is -2.47. The number of nitrogens with one attached hydrogen (secondary N) is 1. The molecule has 0 fully saturated rings. The number of carbonyl (C=O) groups is 2. The van der Waals surface area contributed by atoms with E-state index in [1.807, 2.05) is 34.6 Å². The van der Waals surface area contributed by atoms with Gasteiger partial charge in [0.05, 0.1) is 0 Å². The van der Waals surface area contributed by atoms with Gasteiger partial charge in [0.1, 0.15) is 6.04 Å². The minimum absolute atomic E-state index is 0.192. The van der Waals surface area contributed by atoms with Gasteiger partial charge in [0.15, 0.2) is 0 Å². The molecule has 0 saturated heterocycles. The molecule has 0 aromatic carbocycles. The molecule has 0 aliphatic rings. The Kier molecular flexibility index (Phi) is 5.48. The predicted molar refractivity (Wildman–Crippen MR) is 63.1 cm³/mol. The largest absolute Gasteiger partial charge is 0.480 e. The van der Waals surface area contributed by atoms with Gasteiger partial charge in [-0.25, -0.2) is 4.79 Å². The zero-order chi connectivity index (χ0) is 12.9. The second-order valence-corrected chi connectivity index (χ2v) is 5.23. The van der Waals surface area contributed by atoms with E-state index in [1.165, 1.54) is 0 Å². The lowest BCUT2D eigenvalue weighted by Gasteiger charge is -2.25. The third kappa shape index (κ3) is 4.64. The highest BCUT2D eigenvalue weighted by molar-refractivity contribution is 5.86. The van der Waals surface area contributed by atoms with Crippen molar-refractivity contribution in [2.75, 3.05) is 0 Å². The average Bonchev–Trinajstić information content (AvgIpc) is 2.15. The van der Waals surface area contributed by atoms with Crippen LogP contribution in [0.4, 0.5) is 0 Å². The molecular formula is C12H23NO3. The molecule has 0 aromatic heterocycles. The summed E-state index contributed by atoms with van der Waals surface area (Å²) >= 11 is 0. The van der Waals surface area contributed by atoms with Gasteiger partial charge in [-0.1, -0.05) is 34.6 Å². The van der Waals surface area contributed by atoms with Crippen LogP contribution < -0.4 is 5.32 Å². The molecule has 0 aromatic rings. The van der Waals surface area contributed by atoms with Crippen LogP contribution in [0, 0.1) is 11.3 Å². The minimum Gasteiger partial charge on any atom is -0.480 e. The Morgan fingerprint density at radius 1 is 1.31 bits per heavy atom. The highest BCUT2D eigenvalue weighted by Gasteiger charge is 2.29. The van der Waals surface area contributed by atoms with E-state index in [1.54, 1.807) is 0 Å². The summed E-state index contributed by atoms with van der Waals surface area (Å²) in [6, 6.07) is -0.779. The van der Waals surface area contributed by atoms with Crippen molar-refractivity contribution in [2.45, 2.75) is 53.5 Å². The van der Waals surface area contributed by atoms with Crippen LogP contribution in [0.15, 0.2) is 0 Å². The van der Waals surface area contributed by atoms with Crippen LogP contribution in [0.3, 0.4) is 0 Å². The van der Waals surface area contributed by atoms with E-state index < -0.39 is 17.4 Å². The molecule has 0 bridgehead atoms. The molecule has 16 heavy (non-hydrogen) atoms. The Bertz CT molecular complexity index is 259. The maximum absolute atomic E-state index is 11.8. The second kappa shape index (κ2) is 5.87. The Labute approximate surface area is 97.4 Å². The summed E-state index contributed by atoms with van der Waals surface area (Å²) < 4.78 is 0. The number of carboxylic acid groups (broad SMARTS) is 1. The summed E-state index contributed by atoms with van der Waals surface area (Å²) in [6.45, 7) is 9.42. The van der Waals surface area contributed by atoms with Gasteiger partial charge in [0.25, 0.3) is 0 Å². The maximum atomic E-state index is 11.8. The minimum atomic E-state index is -0.964. The summed E-state index contributed by atoms with van der Waals surface area (Å²) in [5.41, 5.74) is -0.509. The molecule has 0 unspecified atom stereocenters. The first-order chi connectivity index (χ1) is 7.20. The predicted octanol–water partition coefficient (Wildman–Crippen LogP) is 2.04. The molecule has 0 spiro atoms. The molecule has 0 radical (unpaired) electrons. The quantitative estimate of drug-likeness (QED) is 0.732. The highest BCUT2D eigenvalue weighted by Crippen LogP contribution is 2.20. The highest BCUT2D eigenvalue weighted by atomic mass is 16.4. The fourth-order valence-electron chi connectivity index (χ4n) is 1.21. The van der Waals surface area contributed by atoms with Crippen molar-refractivity contribution in [1.29, 1.82) is 0 Å². The number of amides is 1. The van der Waals surface area contributed by atoms with Crippen LogP contribution in [-0.2, 0) is 9.59 Å². The second-order valence-electron chi connectivity index (χ2n) is 5.23. The van der Waals surface area contributed by atoms with Gasteiger partial charge in [-0.2, -0.15) is 0 Å². The molecule has 0 heterocycles. The topological polar surface area (TPSA) is 66.4 Å². The fraction of sp³-hybridized carbons (Fsp3) is 0.833. The van der Waals surface area contributed by atoms with Crippen LogP contribution >= 0.6 is 0 Å². The van der Waals surface area contributed by atoms with Crippen LogP contribution in [0.25, 0.3) is 0 Å². The van der Waals surface area contributed by atoms with E-state index in [2.05, 4.69) is 5.32 Å². The Balaban J connectivity index is 4.52. The summed E-state index contributed by atoms with van der Waals surface area (Å²) in [5.74, 6) is -0.914. The van der Waals surface area contributed by atoms with E-state index in [-0.39, 0.29) is 11.8 Å². The van der Waals surface area contributed by atoms with Crippen molar-refractivity contribution in [1.82, 2.24) is 5.32 Å². The first-order valence-corrected chi connectivity index (χ1v) is 5.74. The molecule has 0 aliphatic carbocycles. The Hall–Kier alpha value is -1.06. The van der Waals surface area contributed by atoms with Crippen molar-refractivity contribution < 1.29 is 14.7 Å². The first kappa shape index (κ1) is 14.9. The molecular weight excluding hydrogens is 206 g/mol. The van der Waals surface area contributed by atoms with Gasteiger partial charge in [-0.15, -0.1) is 0 Å². The summed E-state index contributed by atoms with van der Waals surface area (Å²) in [7, 11) is 0. The zero-order valence-electron chi connectivity index (χ0n) is 10.8. The molecule has 2 N–H and O–H groups in total. The summed E-state index contributed by atoms with van der Waals surface area (Å²) in [6.07, 6.45) is 1.15. The monoisotopic (exact) mass is 229 g/mol. The van der Waals surface area contributed by atoms with Gasteiger partial charge >= 0.3 is 5.97 Å². The number of rotatable bonds is 6. The van der Waals surface area contributed by atoms with E-state index in [9.17, 15) is 9.59 Å². The molecule has 0 aliphatic heterocycles. The lowest BCUT2D eigenvalue weighted by atomic mass is 9.88. The third-order valence-corrected chi connectivity index (χ3v) is 2.81. The number of hydrogen-bond acceptors (Lipinski definition) is 2. The van der Waals surface area contributed by atoms with E-state index >= 15 is 0 Å². The third-order valence-electron chi connectivity index (χ3n) is 2.81. The SMILES string of the molecule is CCC(C)(C)C(=O)N[C@H](CC(C)C)C(=O)O. The molecule has 0 saturated carbocycles. The van der Waals surface area contributed by atoms with Gasteiger partial charge < -0.3 is 10.4 Å². The standard InChI is InChI=1S/C12H23NO3/c1-6-12(4,5)11(16)13-9(10(14)15)7-8(2)3/h8-9H,6-7H2,1-5H3,(H,13,16)(H,14,15)/t9-/m1/s1. The van der Waals surface area contributed by atoms with Gasteiger partial charge in [0, 0.05) is 5.41 Å². The van der Waals surface area contributed by atoms with Crippen molar-refractivity contribution >= 4 is 11.9 Å². The van der Waals surface area contributed by atoms with Crippen molar-refractivity contribution in [3.8, 4) is 0 Å². The maximum Gasteiger partial charge on any atom is 0.326 e. The van der Waals surface area contributed by atoms with Crippen LogP contribution in [0.5, 0.6) is 0 Å². The average molecular weight is 229 g/mol. The normalized spacial score (nSPS) is 13.6. The molecule has 4 nitrogen and oxygen atoms in total. The van der Waals surface area contributed by atoms with E-state index in [4.69, 9.17) is 5.11 Å². The van der Waals surface area contributed by atoms with Crippen LogP contribution in [0.1, 0.15) is 47.5 Å². The lowest BCUT2D eigenvalue weighted by molar-refractivity contribution is -0.144. The van der Waals surface area contributed by atoms with E-state index in [0.717, 1.165) is 0 Å². The summed E-state index contributed by atoms with van der Waals surface area (Å²) in [5, 5.41) is 11.6. The molecule has 1 amide bonds. The van der Waals surface area contributed by atoms with Gasteiger partial charge in [-0.3, -0.25) is 4.79 Å². The number of hydrogen-bond donors (Lipinski definition) is 2.